The van der Waals surface area contributed by atoms with E-state index in [0.29, 0.717) is 0 Å². The van der Waals surface area contributed by atoms with E-state index in [1.807, 2.05) is 54.1 Å². The molecule has 0 spiro atoms. The number of benzene rings is 1. The van der Waals surface area contributed by atoms with E-state index in [1.165, 1.54) is 0 Å². The molecular weight excluding hydrogens is 224 g/mol. The molecule has 0 saturated carbocycles. The molecule has 4 nitrogen and oxygen atoms in total. The smallest absolute Gasteiger partial charge is 0.163 e. The van der Waals surface area contributed by atoms with Crippen LogP contribution in [0.15, 0.2) is 54.9 Å². The van der Waals surface area contributed by atoms with Crippen molar-refractivity contribution in [1.82, 2.24) is 19.7 Å². The van der Waals surface area contributed by atoms with Crippen molar-refractivity contribution in [2.75, 3.05) is 0 Å². The lowest BCUT2D eigenvalue weighted by molar-refractivity contribution is 0.863. The zero-order chi connectivity index (χ0) is 12.4. The minimum atomic E-state index is 0.748. The summed E-state index contributed by atoms with van der Waals surface area (Å²) in [5, 5.41) is 4.42. The molecule has 0 aliphatic carbocycles. The molecule has 0 atom stereocenters. The summed E-state index contributed by atoms with van der Waals surface area (Å²) in [5.74, 6) is 1.58. The summed E-state index contributed by atoms with van der Waals surface area (Å²) in [6, 6.07) is 13.9. The summed E-state index contributed by atoms with van der Waals surface area (Å²) >= 11 is 0. The third kappa shape index (κ3) is 1.88. The van der Waals surface area contributed by atoms with Crippen LogP contribution in [0, 0.1) is 6.92 Å². The predicted octanol–water partition coefficient (Wildman–Crippen LogP) is 2.64. The minimum Gasteiger partial charge on any atom is -0.262 e. The Morgan fingerprint density at radius 2 is 1.83 bits per heavy atom. The molecule has 1 aromatic carbocycles. The molecule has 0 N–H and O–H groups in total. The molecule has 2 aromatic heterocycles. The van der Waals surface area contributed by atoms with Gasteiger partial charge in [0.1, 0.15) is 5.82 Å². The monoisotopic (exact) mass is 236 g/mol. The van der Waals surface area contributed by atoms with Crippen LogP contribution >= 0.6 is 0 Å². The molecule has 4 heteroatoms. The Morgan fingerprint density at radius 3 is 2.56 bits per heavy atom. The summed E-state index contributed by atoms with van der Waals surface area (Å²) in [7, 11) is 0. The molecule has 0 bridgehead atoms. The van der Waals surface area contributed by atoms with Crippen molar-refractivity contribution in [1.29, 1.82) is 0 Å². The van der Waals surface area contributed by atoms with Gasteiger partial charge in [0.05, 0.1) is 11.9 Å². The first-order valence-electron chi connectivity index (χ1n) is 5.74. The highest BCUT2D eigenvalue weighted by Gasteiger charge is 2.10. The van der Waals surface area contributed by atoms with Crippen LogP contribution in [0.3, 0.4) is 0 Å². The van der Waals surface area contributed by atoms with Gasteiger partial charge in [-0.15, -0.1) is 0 Å². The number of hydrogen-bond acceptors (Lipinski definition) is 3. The van der Waals surface area contributed by atoms with Gasteiger partial charge in [0.15, 0.2) is 5.82 Å². The third-order valence-electron chi connectivity index (χ3n) is 2.64. The van der Waals surface area contributed by atoms with E-state index in [1.54, 1.807) is 12.4 Å². The van der Waals surface area contributed by atoms with Gasteiger partial charge in [-0.2, -0.15) is 5.10 Å². The van der Waals surface area contributed by atoms with Crippen molar-refractivity contribution in [2.24, 2.45) is 0 Å². The van der Waals surface area contributed by atoms with Gasteiger partial charge >= 0.3 is 0 Å². The van der Waals surface area contributed by atoms with Crippen LogP contribution in [0.5, 0.6) is 0 Å². The van der Waals surface area contributed by atoms with E-state index in [-0.39, 0.29) is 0 Å². The van der Waals surface area contributed by atoms with Crippen LogP contribution in [0.4, 0.5) is 0 Å². The van der Waals surface area contributed by atoms with Crippen molar-refractivity contribution < 1.29 is 0 Å². The minimum absolute atomic E-state index is 0.748. The van der Waals surface area contributed by atoms with Gasteiger partial charge in [-0.05, 0) is 19.1 Å². The Labute approximate surface area is 105 Å². The maximum Gasteiger partial charge on any atom is 0.163 e. The highest BCUT2D eigenvalue weighted by atomic mass is 15.3. The van der Waals surface area contributed by atoms with E-state index >= 15 is 0 Å². The van der Waals surface area contributed by atoms with Crippen LogP contribution in [-0.4, -0.2) is 19.7 Å². The molecule has 3 aromatic rings. The number of aryl methyl sites for hydroxylation is 1. The number of nitrogens with zero attached hydrogens (tertiary/aromatic N) is 4. The first-order chi connectivity index (χ1) is 8.84. The first-order valence-corrected chi connectivity index (χ1v) is 5.74. The van der Waals surface area contributed by atoms with Gasteiger partial charge in [-0.1, -0.05) is 30.3 Å². The SMILES string of the molecule is Cc1nc(-c2ccccc2)n(-c2cccnc2)n1. The second kappa shape index (κ2) is 4.41. The quantitative estimate of drug-likeness (QED) is 0.687. The van der Waals surface area contributed by atoms with Gasteiger partial charge < -0.3 is 0 Å². The normalized spacial score (nSPS) is 10.5. The fourth-order valence-electron chi connectivity index (χ4n) is 1.85. The van der Waals surface area contributed by atoms with Crippen molar-refractivity contribution in [3.8, 4) is 17.1 Å². The Morgan fingerprint density at radius 1 is 1.00 bits per heavy atom. The molecule has 0 aliphatic rings. The molecule has 0 fully saturated rings. The summed E-state index contributed by atoms with van der Waals surface area (Å²) < 4.78 is 1.82. The Bertz CT molecular complexity index is 587. The summed E-state index contributed by atoms with van der Waals surface area (Å²) in [6.07, 6.45) is 3.52. The van der Waals surface area contributed by atoms with Crippen LogP contribution in [0.1, 0.15) is 5.82 Å². The zero-order valence-electron chi connectivity index (χ0n) is 9.99. The van der Waals surface area contributed by atoms with Gasteiger partial charge in [0.2, 0.25) is 0 Å². The summed E-state index contributed by atoms with van der Waals surface area (Å²) in [6.45, 7) is 1.89. The Balaban J connectivity index is 2.17. The largest absolute Gasteiger partial charge is 0.262 e. The van der Waals surface area contributed by atoms with Crippen molar-refractivity contribution in [3.63, 3.8) is 0 Å². The van der Waals surface area contributed by atoms with Gasteiger partial charge in [0.25, 0.3) is 0 Å². The Hall–Kier alpha value is -2.49. The topological polar surface area (TPSA) is 43.6 Å². The first kappa shape index (κ1) is 10.7. The second-order valence-corrected chi connectivity index (χ2v) is 3.97. The van der Waals surface area contributed by atoms with Gasteiger partial charge in [-0.25, -0.2) is 9.67 Å². The van der Waals surface area contributed by atoms with Crippen molar-refractivity contribution >= 4 is 0 Å². The van der Waals surface area contributed by atoms with Crippen molar-refractivity contribution in [3.05, 3.63) is 60.7 Å². The number of rotatable bonds is 2. The molecule has 0 unspecified atom stereocenters. The maximum atomic E-state index is 4.48. The molecule has 0 saturated heterocycles. The predicted molar refractivity (Wildman–Crippen MR) is 69.3 cm³/mol. The van der Waals surface area contributed by atoms with E-state index in [0.717, 1.165) is 22.9 Å². The maximum absolute atomic E-state index is 4.48. The van der Waals surface area contributed by atoms with Crippen molar-refractivity contribution in [2.45, 2.75) is 6.92 Å². The summed E-state index contributed by atoms with van der Waals surface area (Å²) in [5.41, 5.74) is 1.96. The van der Waals surface area contributed by atoms with Crippen LogP contribution < -0.4 is 0 Å². The molecule has 88 valence electrons. The Kier molecular flexibility index (Phi) is 2.61. The van der Waals surface area contributed by atoms with E-state index in [4.69, 9.17) is 0 Å². The fraction of sp³-hybridized carbons (Fsp3) is 0.0714. The van der Waals surface area contributed by atoms with Crippen LogP contribution in [-0.2, 0) is 0 Å². The third-order valence-corrected chi connectivity index (χ3v) is 2.64. The molecule has 2 heterocycles. The van der Waals surface area contributed by atoms with E-state index in [9.17, 15) is 0 Å². The second-order valence-electron chi connectivity index (χ2n) is 3.97. The molecule has 3 rings (SSSR count). The number of aromatic nitrogens is 4. The lowest BCUT2D eigenvalue weighted by atomic mass is 10.2. The van der Waals surface area contributed by atoms with E-state index < -0.39 is 0 Å². The average molecular weight is 236 g/mol. The zero-order valence-corrected chi connectivity index (χ0v) is 9.99. The van der Waals surface area contributed by atoms with E-state index in [2.05, 4.69) is 15.1 Å². The molecular formula is C14H12N4. The summed E-state index contributed by atoms with van der Waals surface area (Å²) in [4.78, 5) is 8.60. The molecule has 18 heavy (non-hydrogen) atoms. The molecule has 0 radical (unpaired) electrons. The van der Waals surface area contributed by atoms with Gasteiger partial charge in [-0.3, -0.25) is 4.98 Å². The average Bonchev–Trinajstić information content (AvgIpc) is 2.83. The highest BCUT2D eigenvalue weighted by molar-refractivity contribution is 5.57. The fourth-order valence-corrected chi connectivity index (χ4v) is 1.85. The number of pyridine rings is 1. The molecule has 0 aliphatic heterocycles. The lowest BCUT2D eigenvalue weighted by Gasteiger charge is -2.04. The lowest BCUT2D eigenvalue weighted by Crippen LogP contribution is -1.99. The van der Waals surface area contributed by atoms with Crippen LogP contribution in [0.2, 0.25) is 0 Å². The number of hydrogen-bond donors (Lipinski definition) is 0. The van der Waals surface area contributed by atoms with Crippen LogP contribution in [0.25, 0.3) is 17.1 Å². The standard InChI is InChI=1S/C14H12N4/c1-11-16-14(12-6-3-2-4-7-12)18(17-11)13-8-5-9-15-10-13/h2-10H,1H3. The van der Waals surface area contributed by atoms with Gasteiger partial charge in [0, 0.05) is 11.8 Å². The molecule has 0 amide bonds. The highest BCUT2D eigenvalue weighted by Crippen LogP contribution is 2.20.